The molecule has 0 saturated carbocycles. The summed E-state index contributed by atoms with van der Waals surface area (Å²) in [6.07, 6.45) is 0.0280. The fraction of sp³-hybridized carbons (Fsp3) is 0.250. The molecule has 0 aliphatic heterocycles. The van der Waals surface area contributed by atoms with Crippen LogP contribution in [0.3, 0.4) is 0 Å². The Morgan fingerprint density at radius 1 is 1.00 bits per heavy atom. The van der Waals surface area contributed by atoms with E-state index in [1.807, 2.05) is 30.3 Å². The molecule has 0 fully saturated rings. The van der Waals surface area contributed by atoms with Gasteiger partial charge < -0.3 is 15.5 Å². The quantitative estimate of drug-likeness (QED) is 0.715. The lowest BCUT2D eigenvalue weighted by Crippen LogP contribution is -2.38. The second-order valence-corrected chi connectivity index (χ2v) is 7.08. The first kappa shape index (κ1) is 21.7. The lowest BCUT2D eigenvalue weighted by Gasteiger charge is -2.22. The number of hydrogen-bond donors (Lipinski definition) is 2. The van der Waals surface area contributed by atoms with Crippen LogP contribution in [0.2, 0.25) is 10.0 Å². The second-order valence-electron chi connectivity index (χ2n) is 6.26. The summed E-state index contributed by atoms with van der Waals surface area (Å²) in [5.74, 6) is -0.958. The molecule has 2 N–H and O–H groups in total. The summed E-state index contributed by atoms with van der Waals surface area (Å²) in [5, 5.41) is 6.00. The summed E-state index contributed by atoms with van der Waals surface area (Å²) in [4.78, 5) is 37.6. The van der Waals surface area contributed by atoms with Crippen molar-refractivity contribution in [1.82, 2.24) is 10.2 Å². The Kier molecular flexibility index (Phi) is 7.84. The zero-order chi connectivity index (χ0) is 20.7. The standard InChI is InChI=1S/C20H21Cl2N3O3/c1-13(26)23-17(14-7-4-3-5-8-14)11-19(28)25(2)12-18(27)24-20-15(21)9-6-10-16(20)22/h3-10,17H,11-12H2,1-2H3,(H,23,26)(H,24,27). The van der Waals surface area contributed by atoms with Gasteiger partial charge >= 0.3 is 0 Å². The largest absolute Gasteiger partial charge is 0.349 e. The van der Waals surface area contributed by atoms with Gasteiger partial charge in [0.1, 0.15) is 0 Å². The Labute approximate surface area is 173 Å². The minimum absolute atomic E-state index is 0.0280. The van der Waals surface area contributed by atoms with Gasteiger partial charge in [0.25, 0.3) is 0 Å². The van der Waals surface area contributed by atoms with Crippen molar-refractivity contribution < 1.29 is 14.4 Å². The average molecular weight is 422 g/mol. The van der Waals surface area contributed by atoms with Crippen LogP contribution >= 0.6 is 23.2 Å². The highest BCUT2D eigenvalue weighted by Gasteiger charge is 2.21. The number of carbonyl (C=O) groups is 3. The molecule has 0 spiro atoms. The molecule has 0 aliphatic carbocycles. The van der Waals surface area contributed by atoms with Crippen molar-refractivity contribution in [2.75, 3.05) is 18.9 Å². The van der Waals surface area contributed by atoms with E-state index in [9.17, 15) is 14.4 Å². The van der Waals surface area contributed by atoms with Crippen molar-refractivity contribution in [3.05, 3.63) is 64.1 Å². The van der Waals surface area contributed by atoms with Crippen molar-refractivity contribution in [2.45, 2.75) is 19.4 Å². The van der Waals surface area contributed by atoms with Gasteiger partial charge in [-0.3, -0.25) is 14.4 Å². The van der Waals surface area contributed by atoms with E-state index in [1.165, 1.54) is 18.9 Å². The Morgan fingerprint density at radius 2 is 1.61 bits per heavy atom. The predicted octanol–water partition coefficient (Wildman–Crippen LogP) is 3.66. The van der Waals surface area contributed by atoms with Crippen LogP contribution in [0.5, 0.6) is 0 Å². The van der Waals surface area contributed by atoms with Gasteiger partial charge in [-0.25, -0.2) is 0 Å². The van der Waals surface area contributed by atoms with Crippen molar-refractivity contribution in [3.8, 4) is 0 Å². The fourth-order valence-corrected chi connectivity index (χ4v) is 3.11. The van der Waals surface area contributed by atoms with Crippen LogP contribution in [-0.2, 0) is 14.4 Å². The first-order valence-corrected chi connectivity index (χ1v) is 9.33. The van der Waals surface area contributed by atoms with E-state index in [0.717, 1.165) is 5.56 Å². The number of carbonyl (C=O) groups excluding carboxylic acids is 3. The number of benzene rings is 2. The van der Waals surface area contributed by atoms with Gasteiger partial charge in [-0.05, 0) is 17.7 Å². The van der Waals surface area contributed by atoms with Gasteiger partial charge in [0.05, 0.1) is 34.7 Å². The molecule has 3 amide bonds. The minimum atomic E-state index is -0.477. The molecule has 0 saturated heterocycles. The predicted molar refractivity (Wildman–Crippen MR) is 110 cm³/mol. The zero-order valence-electron chi connectivity index (χ0n) is 15.5. The summed E-state index contributed by atoms with van der Waals surface area (Å²) in [5.41, 5.74) is 1.11. The summed E-state index contributed by atoms with van der Waals surface area (Å²) in [6.45, 7) is 1.22. The molecule has 2 rings (SSSR count). The number of rotatable bonds is 7. The molecule has 0 aromatic heterocycles. The molecule has 1 unspecified atom stereocenters. The highest BCUT2D eigenvalue weighted by Crippen LogP contribution is 2.29. The van der Waals surface area contributed by atoms with Gasteiger partial charge in [-0.15, -0.1) is 0 Å². The van der Waals surface area contributed by atoms with Gasteiger partial charge in [0.15, 0.2) is 0 Å². The number of nitrogens with zero attached hydrogens (tertiary/aromatic N) is 1. The van der Waals surface area contributed by atoms with Crippen LogP contribution < -0.4 is 10.6 Å². The average Bonchev–Trinajstić information content (AvgIpc) is 2.64. The van der Waals surface area contributed by atoms with Gasteiger partial charge in [0.2, 0.25) is 17.7 Å². The Balaban J connectivity index is 2.00. The highest BCUT2D eigenvalue weighted by molar-refractivity contribution is 6.39. The number of hydrogen-bond acceptors (Lipinski definition) is 3. The highest BCUT2D eigenvalue weighted by atomic mass is 35.5. The third-order valence-electron chi connectivity index (χ3n) is 3.99. The molecule has 28 heavy (non-hydrogen) atoms. The summed E-state index contributed by atoms with van der Waals surface area (Å²) >= 11 is 12.1. The van der Waals surface area contributed by atoms with E-state index in [4.69, 9.17) is 23.2 Å². The van der Waals surface area contributed by atoms with Gasteiger partial charge in [0, 0.05) is 14.0 Å². The fourth-order valence-electron chi connectivity index (χ4n) is 2.61. The van der Waals surface area contributed by atoms with E-state index >= 15 is 0 Å². The lowest BCUT2D eigenvalue weighted by atomic mass is 10.0. The van der Waals surface area contributed by atoms with E-state index in [0.29, 0.717) is 15.7 Å². The topological polar surface area (TPSA) is 78.5 Å². The molecule has 2 aromatic carbocycles. The molecule has 2 aromatic rings. The van der Waals surface area contributed by atoms with Crippen LogP contribution in [0.25, 0.3) is 0 Å². The zero-order valence-corrected chi connectivity index (χ0v) is 17.1. The van der Waals surface area contributed by atoms with E-state index in [2.05, 4.69) is 10.6 Å². The summed E-state index contributed by atoms with van der Waals surface area (Å²) < 4.78 is 0. The molecular formula is C20H21Cl2N3O3. The number of halogens is 2. The van der Waals surface area contributed by atoms with Crippen molar-refractivity contribution in [2.24, 2.45) is 0 Å². The lowest BCUT2D eigenvalue weighted by molar-refractivity contribution is -0.134. The number of anilines is 1. The van der Waals surface area contributed by atoms with Gasteiger partial charge in [-0.1, -0.05) is 59.6 Å². The number of likely N-dealkylation sites (N-methyl/N-ethyl adjacent to an activating group) is 1. The van der Waals surface area contributed by atoms with Crippen LogP contribution in [0.15, 0.2) is 48.5 Å². The van der Waals surface area contributed by atoms with Gasteiger partial charge in [-0.2, -0.15) is 0 Å². The number of nitrogens with one attached hydrogen (secondary N) is 2. The molecule has 8 heteroatoms. The molecule has 0 bridgehead atoms. The van der Waals surface area contributed by atoms with E-state index in [-0.39, 0.29) is 24.8 Å². The minimum Gasteiger partial charge on any atom is -0.349 e. The summed E-state index contributed by atoms with van der Waals surface area (Å²) in [6, 6.07) is 13.6. The van der Waals surface area contributed by atoms with Crippen LogP contribution in [0.4, 0.5) is 5.69 Å². The SMILES string of the molecule is CC(=O)NC(CC(=O)N(C)CC(=O)Nc1c(Cl)cccc1Cl)c1ccccc1. The third-order valence-corrected chi connectivity index (χ3v) is 4.62. The monoisotopic (exact) mass is 421 g/mol. The second kappa shape index (κ2) is 10.1. The third kappa shape index (κ3) is 6.25. The smallest absolute Gasteiger partial charge is 0.244 e. The number of amides is 3. The number of para-hydroxylation sites is 1. The van der Waals surface area contributed by atoms with Crippen molar-refractivity contribution in [3.63, 3.8) is 0 Å². The Morgan fingerprint density at radius 3 is 2.18 bits per heavy atom. The van der Waals surface area contributed by atoms with Crippen LogP contribution in [0, 0.1) is 0 Å². The first-order valence-electron chi connectivity index (χ1n) is 8.57. The summed E-state index contributed by atoms with van der Waals surface area (Å²) in [7, 11) is 1.52. The Bertz CT molecular complexity index is 839. The maximum atomic E-state index is 12.6. The van der Waals surface area contributed by atoms with E-state index < -0.39 is 11.9 Å². The molecule has 0 aliphatic rings. The molecule has 148 valence electrons. The maximum Gasteiger partial charge on any atom is 0.244 e. The molecule has 0 radical (unpaired) electrons. The molecule has 0 heterocycles. The Hall–Kier alpha value is -2.57. The van der Waals surface area contributed by atoms with E-state index in [1.54, 1.807) is 18.2 Å². The first-order chi connectivity index (χ1) is 13.3. The van der Waals surface area contributed by atoms with Crippen molar-refractivity contribution >= 4 is 46.6 Å². The van der Waals surface area contributed by atoms with Crippen molar-refractivity contribution in [1.29, 1.82) is 0 Å². The molecule has 1 atom stereocenters. The molecular weight excluding hydrogens is 401 g/mol. The maximum absolute atomic E-state index is 12.6. The van der Waals surface area contributed by atoms with Crippen LogP contribution in [0.1, 0.15) is 24.9 Å². The van der Waals surface area contributed by atoms with Crippen LogP contribution in [-0.4, -0.2) is 36.2 Å². The normalized spacial score (nSPS) is 11.4. The molecule has 6 nitrogen and oxygen atoms in total.